The van der Waals surface area contributed by atoms with Crippen molar-refractivity contribution in [3.8, 4) is 0 Å². The fraction of sp³-hybridized carbons (Fsp3) is 0.533. The lowest BCUT2D eigenvalue weighted by atomic mass is 9.64. The molecule has 21 heavy (non-hydrogen) atoms. The number of nitrogens with zero attached hydrogens (tertiary/aromatic N) is 1. The Hall–Kier alpha value is -1.66. The van der Waals surface area contributed by atoms with E-state index >= 15 is 0 Å². The lowest BCUT2D eigenvalue weighted by molar-refractivity contribution is -0.0979. The average Bonchev–Trinajstić information content (AvgIpc) is 2.46. The molecule has 2 rings (SSSR count). The first-order valence-electron chi connectivity index (χ1n) is 6.92. The summed E-state index contributed by atoms with van der Waals surface area (Å²) in [6.45, 7) is 4.82. The van der Waals surface area contributed by atoms with Crippen molar-refractivity contribution in [1.29, 1.82) is 0 Å². The number of benzene rings is 1. The van der Waals surface area contributed by atoms with Crippen LogP contribution in [0.15, 0.2) is 23.4 Å². The summed E-state index contributed by atoms with van der Waals surface area (Å²) in [6, 6.07) is 4.60. The molecule has 0 aliphatic heterocycles. The molecule has 1 aromatic rings. The van der Waals surface area contributed by atoms with Gasteiger partial charge in [-0.1, -0.05) is 25.1 Å². The molecule has 2 unspecified atom stereocenters. The van der Waals surface area contributed by atoms with E-state index in [2.05, 4.69) is 24.3 Å². The second-order valence-electron chi connectivity index (χ2n) is 6.00. The van der Waals surface area contributed by atoms with E-state index in [0.717, 1.165) is 12.0 Å². The van der Waals surface area contributed by atoms with Crippen LogP contribution in [0, 0.1) is 11.2 Å². The van der Waals surface area contributed by atoms with Gasteiger partial charge in [0.2, 0.25) is 0 Å². The van der Waals surface area contributed by atoms with Gasteiger partial charge in [0.05, 0.1) is 6.10 Å². The molecule has 5 nitrogen and oxygen atoms in total. The molecule has 0 aromatic heterocycles. The highest BCUT2D eigenvalue weighted by molar-refractivity contribution is 5.98. The van der Waals surface area contributed by atoms with Gasteiger partial charge in [-0.2, -0.15) is 0 Å². The van der Waals surface area contributed by atoms with Crippen molar-refractivity contribution in [3.05, 3.63) is 35.1 Å². The van der Waals surface area contributed by atoms with Crippen LogP contribution in [-0.2, 0) is 11.3 Å². The molecule has 0 spiro atoms. The molecule has 0 radical (unpaired) electrons. The van der Waals surface area contributed by atoms with E-state index in [9.17, 15) is 4.39 Å². The molecule has 2 atom stereocenters. The number of amidine groups is 1. The summed E-state index contributed by atoms with van der Waals surface area (Å²) in [5, 5.41) is 15.2. The van der Waals surface area contributed by atoms with E-state index in [1.165, 1.54) is 12.1 Å². The molecule has 0 bridgehead atoms. The number of nitrogens with two attached hydrogens (primary N) is 1. The minimum atomic E-state index is -0.413. The third-order valence-electron chi connectivity index (χ3n) is 4.46. The van der Waals surface area contributed by atoms with Crippen LogP contribution in [0.2, 0.25) is 0 Å². The second kappa shape index (κ2) is 5.99. The monoisotopic (exact) mass is 295 g/mol. The standard InChI is InChI=1S/C15H22FN3O2/c1-15(2)12(7-13(15)21-3)18-8-9-4-5-10(16)6-11(9)14(17)19-20/h4-6,12-13,18,20H,7-8H2,1-3H3,(H2,17,19). The van der Waals surface area contributed by atoms with Crippen molar-refractivity contribution in [1.82, 2.24) is 5.32 Å². The van der Waals surface area contributed by atoms with Crippen molar-refractivity contribution in [2.45, 2.75) is 39.0 Å². The highest BCUT2D eigenvalue weighted by Crippen LogP contribution is 2.42. The summed E-state index contributed by atoms with van der Waals surface area (Å²) in [5.41, 5.74) is 6.85. The van der Waals surface area contributed by atoms with Gasteiger partial charge in [-0.15, -0.1) is 0 Å². The van der Waals surface area contributed by atoms with Gasteiger partial charge >= 0.3 is 0 Å². The van der Waals surface area contributed by atoms with Crippen LogP contribution in [0.4, 0.5) is 4.39 Å². The van der Waals surface area contributed by atoms with E-state index in [1.807, 2.05) is 0 Å². The van der Waals surface area contributed by atoms with E-state index in [1.54, 1.807) is 13.2 Å². The predicted octanol–water partition coefficient (Wildman–Crippen LogP) is 1.82. The molecular formula is C15H22FN3O2. The van der Waals surface area contributed by atoms with Crippen LogP contribution in [0.5, 0.6) is 0 Å². The summed E-state index contributed by atoms with van der Waals surface area (Å²) >= 11 is 0. The van der Waals surface area contributed by atoms with Gasteiger partial charge < -0.3 is 21.0 Å². The van der Waals surface area contributed by atoms with Crippen molar-refractivity contribution in [2.75, 3.05) is 7.11 Å². The van der Waals surface area contributed by atoms with E-state index < -0.39 is 5.82 Å². The van der Waals surface area contributed by atoms with E-state index in [0.29, 0.717) is 18.2 Å². The molecule has 1 fully saturated rings. The summed E-state index contributed by atoms with van der Waals surface area (Å²) < 4.78 is 18.7. The topological polar surface area (TPSA) is 79.9 Å². The quantitative estimate of drug-likeness (QED) is 0.335. The first-order chi connectivity index (χ1) is 9.90. The minimum Gasteiger partial charge on any atom is -0.409 e. The molecule has 1 aliphatic rings. The van der Waals surface area contributed by atoms with Crippen molar-refractivity contribution in [3.63, 3.8) is 0 Å². The summed E-state index contributed by atoms with van der Waals surface area (Å²) in [7, 11) is 1.72. The number of hydrogen-bond acceptors (Lipinski definition) is 4. The van der Waals surface area contributed by atoms with Crippen LogP contribution in [0.25, 0.3) is 0 Å². The fourth-order valence-electron chi connectivity index (χ4n) is 2.86. The number of rotatable bonds is 5. The molecule has 0 heterocycles. The summed E-state index contributed by atoms with van der Waals surface area (Å²) in [4.78, 5) is 0. The van der Waals surface area contributed by atoms with Gasteiger partial charge in [-0.25, -0.2) is 4.39 Å². The van der Waals surface area contributed by atoms with Crippen LogP contribution >= 0.6 is 0 Å². The Labute approximate surface area is 124 Å². The molecule has 4 N–H and O–H groups in total. The maximum Gasteiger partial charge on any atom is 0.170 e. The third-order valence-corrected chi connectivity index (χ3v) is 4.46. The molecule has 116 valence electrons. The number of methoxy groups -OCH3 is 1. The maximum absolute atomic E-state index is 13.3. The SMILES string of the molecule is COC1CC(NCc2ccc(F)cc2/C(N)=N/O)C1(C)C. The smallest absolute Gasteiger partial charge is 0.170 e. The Bertz CT molecular complexity index is 546. The Morgan fingerprint density at radius 2 is 2.29 bits per heavy atom. The van der Waals surface area contributed by atoms with Gasteiger partial charge in [0.15, 0.2) is 5.84 Å². The fourth-order valence-corrected chi connectivity index (χ4v) is 2.86. The lowest BCUT2D eigenvalue weighted by Gasteiger charge is -2.51. The van der Waals surface area contributed by atoms with Crippen molar-refractivity contribution >= 4 is 5.84 Å². The molecule has 1 aliphatic carbocycles. The number of nitrogens with one attached hydrogen (secondary N) is 1. The van der Waals surface area contributed by atoms with Crippen LogP contribution in [0.3, 0.4) is 0 Å². The van der Waals surface area contributed by atoms with Crippen molar-refractivity contribution in [2.24, 2.45) is 16.3 Å². The zero-order chi connectivity index (χ0) is 15.6. The maximum atomic E-state index is 13.3. The molecule has 0 amide bonds. The first-order valence-corrected chi connectivity index (χ1v) is 6.92. The van der Waals surface area contributed by atoms with Crippen molar-refractivity contribution < 1.29 is 14.3 Å². The summed E-state index contributed by atoms with van der Waals surface area (Å²) in [5.74, 6) is -0.502. The third kappa shape index (κ3) is 3.01. The highest BCUT2D eigenvalue weighted by Gasteiger charge is 2.48. The van der Waals surface area contributed by atoms with Crippen LogP contribution in [0.1, 0.15) is 31.4 Å². The molecular weight excluding hydrogens is 273 g/mol. The van der Waals surface area contributed by atoms with Gasteiger partial charge in [-0.05, 0) is 24.1 Å². The zero-order valence-electron chi connectivity index (χ0n) is 12.6. The van der Waals surface area contributed by atoms with E-state index in [4.69, 9.17) is 15.7 Å². The van der Waals surface area contributed by atoms with Gasteiger partial charge in [0, 0.05) is 30.7 Å². The Balaban J connectivity index is 2.08. The first kappa shape index (κ1) is 15.7. The lowest BCUT2D eigenvalue weighted by Crippen LogP contribution is -2.60. The molecule has 0 saturated heterocycles. The molecule has 1 saturated carbocycles. The normalized spacial score (nSPS) is 24.7. The Morgan fingerprint density at radius 1 is 1.57 bits per heavy atom. The molecule has 1 aromatic carbocycles. The predicted molar refractivity (Wildman–Crippen MR) is 78.7 cm³/mol. The van der Waals surface area contributed by atoms with E-state index in [-0.39, 0.29) is 17.4 Å². The Morgan fingerprint density at radius 3 is 2.86 bits per heavy atom. The average molecular weight is 295 g/mol. The largest absolute Gasteiger partial charge is 0.409 e. The Kier molecular flexibility index (Phi) is 4.49. The summed E-state index contributed by atoms with van der Waals surface area (Å²) in [6.07, 6.45) is 1.18. The second-order valence-corrected chi connectivity index (χ2v) is 6.00. The number of oxime groups is 1. The number of ether oxygens (including phenoxy) is 1. The minimum absolute atomic E-state index is 0.0472. The highest BCUT2D eigenvalue weighted by atomic mass is 19.1. The zero-order valence-corrected chi connectivity index (χ0v) is 12.6. The molecule has 6 heteroatoms. The number of hydrogen-bond donors (Lipinski definition) is 3. The van der Waals surface area contributed by atoms with Crippen LogP contribution < -0.4 is 11.1 Å². The van der Waals surface area contributed by atoms with Gasteiger partial charge in [0.25, 0.3) is 0 Å². The number of halogens is 1. The van der Waals surface area contributed by atoms with Gasteiger partial charge in [-0.3, -0.25) is 0 Å². The van der Waals surface area contributed by atoms with Gasteiger partial charge in [0.1, 0.15) is 5.82 Å². The van der Waals surface area contributed by atoms with Crippen LogP contribution in [-0.4, -0.2) is 30.3 Å².